The van der Waals surface area contributed by atoms with E-state index in [1.807, 2.05) is 31.2 Å². The highest BCUT2D eigenvalue weighted by atomic mass is 19.1. The number of aryl methyl sites for hydroxylation is 1. The van der Waals surface area contributed by atoms with Crippen molar-refractivity contribution in [1.82, 2.24) is 10.1 Å². The first-order valence-electron chi connectivity index (χ1n) is 5.89. The van der Waals surface area contributed by atoms with Crippen LogP contribution in [0.25, 0.3) is 22.8 Å². The Morgan fingerprint density at radius 2 is 1.53 bits per heavy atom. The molecule has 0 aliphatic heterocycles. The van der Waals surface area contributed by atoms with Gasteiger partial charge in [0.2, 0.25) is 5.82 Å². The van der Waals surface area contributed by atoms with E-state index in [1.54, 1.807) is 12.1 Å². The van der Waals surface area contributed by atoms with Gasteiger partial charge in [-0.25, -0.2) is 4.39 Å². The minimum Gasteiger partial charge on any atom is -0.334 e. The zero-order valence-corrected chi connectivity index (χ0v) is 10.3. The number of nitrogens with zero attached hydrogens (tertiary/aromatic N) is 2. The Morgan fingerprint density at radius 3 is 2.21 bits per heavy atom. The Labute approximate surface area is 109 Å². The van der Waals surface area contributed by atoms with Crippen molar-refractivity contribution in [2.75, 3.05) is 0 Å². The molecule has 1 aromatic heterocycles. The fourth-order valence-electron chi connectivity index (χ4n) is 1.75. The molecule has 0 atom stereocenters. The molecular weight excluding hydrogens is 243 g/mol. The van der Waals surface area contributed by atoms with Crippen LogP contribution in [0.4, 0.5) is 4.39 Å². The molecule has 94 valence electrons. The summed E-state index contributed by atoms with van der Waals surface area (Å²) in [4.78, 5) is 4.31. The van der Waals surface area contributed by atoms with Gasteiger partial charge in [0.15, 0.2) is 0 Å². The van der Waals surface area contributed by atoms with E-state index >= 15 is 0 Å². The molecule has 0 spiro atoms. The smallest absolute Gasteiger partial charge is 0.258 e. The first-order chi connectivity index (χ1) is 9.22. The second-order valence-electron chi connectivity index (χ2n) is 4.30. The zero-order chi connectivity index (χ0) is 13.2. The lowest BCUT2D eigenvalue weighted by atomic mass is 10.1. The predicted molar refractivity (Wildman–Crippen MR) is 69.9 cm³/mol. The molecule has 0 saturated carbocycles. The van der Waals surface area contributed by atoms with Crippen molar-refractivity contribution in [2.24, 2.45) is 0 Å². The number of benzene rings is 2. The van der Waals surface area contributed by atoms with Crippen molar-refractivity contribution in [3.63, 3.8) is 0 Å². The highest BCUT2D eigenvalue weighted by molar-refractivity contribution is 5.59. The summed E-state index contributed by atoms with van der Waals surface area (Å²) in [5.41, 5.74) is 2.76. The van der Waals surface area contributed by atoms with Crippen LogP contribution in [0.2, 0.25) is 0 Å². The molecule has 19 heavy (non-hydrogen) atoms. The number of hydrogen-bond acceptors (Lipinski definition) is 3. The van der Waals surface area contributed by atoms with Crippen molar-refractivity contribution in [3.8, 4) is 22.8 Å². The molecule has 0 fully saturated rings. The normalized spacial score (nSPS) is 10.6. The van der Waals surface area contributed by atoms with E-state index < -0.39 is 0 Å². The topological polar surface area (TPSA) is 38.9 Å². The van der Waals surface area contributed by atoms with Gasteiger partial charge in [-0.2, -0.15) is 4.98 Å². The molecular formula is C15H11FN2O. The van der Waals surface area contributed by atoms with E-state index in [0.29, 0.717) is 17.3 Å². The summed E-state index contributed by atoms with van der Waals surface area (Å²) in [6, 6.07) is 13.8. The third kappa shape index (κ3) is 2.38. The van der Waals surface area contributed by atoms with Gasteiger partial charge in [-0.15, -0.1) is 0 Å². The molecule has 2 aromatic carbocycles. The third-order valence-electron chi connectivity index (χ3n) is 2.83. The van der Waals surface area contributed by atoms with E-state index in [0.717, 1.165) is 5.56 Å². The molecule has 0 amide bonds. The number of aromatic nitrogens is 2. The maximum Gasteiger partial charge on any atom is 0.258 e. The van der Waals surface area contributed by atoms with Crippen LogP contribution in [0.1, 0.15) is 5.56 Å². The number of halogens is 1. The summed E-state index contributed by atoms with van der Waals surface area (Å²) >= 11 is 0. The molecule has 3 aromatic rings. The van der Waals surface area contributed by atoms with Crippen molar-refractivity contribution >= 4 is 0 Å². The average molecular weight is 254 g/mol. The summed E-state index contributed by atoms with van der Waals surface area (Å²) in [5, 5.41) is 3.94. The van der Waals surface area contributed by atoms with Gasteiger partial charge in [-0.3, -0.25) is 0 Å². The second kappa shape index (κ2) is 4.65. The molecule has 0 saturated heterocycles. The second-order valence-corrected chi connectivity index (χ2v) is 4.30. The van der Waals surface area contributed by atoms with Crippen LogP contribution < -0.4 is 0 Å². The van der Waals surface area contributed by atoms with Gasteiger partial charge >= 0.3 is 0 Å². The van der Waals surface area contributed by atoms with E-state index in [-0.39, 0.29) is 5.82 Å². The largest absolute Gasteiger partial charge is 0.334 e. The molecule has 4 heteroatoms. The van der Waals surface area contributed by atoms with Crippen LogP contribution in [0.5, 0.6) is 0 Å². The average Bonchev–Trinajstić information content (AvgIpc) is 2.90. The molecule has 0 bridgehead atoms. The maximum absolute atomic E-state index is 12.8. The van der Waals surface area contributed by atoms with Gasteiger partial charge in [0.1, 0.15) is 5.82 Å². The summed E-state index contributed by atoms with van der Waals surface area (Å²) < 4.78 is 18.0. The first kappa shape index (κ1) is 11.6. The number of hydrogen-bond donors (Lipinski definition) is 0. The van der Waals surface area contributed by atoms with Gasteiger partial charge in [0.05, 0.1) is 0 Å². The standard InChI is InChI=1S/C15H11FN2O/c1-10-2-4-11(5-3-10)14-17-15(19-18-14)12-6-8-13(16)9-7-12/h2-9H,1H3. The Morgan fingerprint density at radius 1 is 0.895 bits per heavy atom. The minimum absolute atomic E-state index is 0.290. The van der Waals surface area contributed by atoms with Crippen molar-refractivity contribution < 1.29 is 8.91 Å². The van der Waals surface area contributed by atoms with Crippen LogP contribution in [-0.2, 0) is 0 Å². The molecule has 3 nitrogen and oxygen atoms in total. The van der Waals surface area contributed by atoms with Crippen molar-refractivity contribution in [1.29, 1.82) is 0 Å². The van der Waals surface area contributed by atoms with E-state index in [2.05, 4.69) is 10.1 Å². The SMILES string of the molecule is Cc1ccc(-c2noc(-c3ccc(F)cc3)n2)cc1. The third-order valence-corrected chi connectivity index (χ3v) is 2.83. The lowest BCUT2D eigenvalue weighted by Gasteiger charge is -1.94. The van der Waals surface area contributed by atoms with Crippen LogP contribution in [-0.4, -0.2) is 10.1 Å². The predicted octanol–water partition coefficient (Wildman–Crippen LogP) is 3.85. The van der Waals surface area contributed by atoms with Crippen LogP contribution >= 0.6 is 0 Å². The Hall–Kier alpha value is -2.49. The monoisotopic (exact) mass is 254 g/mol. The molecule has 0 N–H and O–H groups in total. The molecule has 0 aliphatic rings. The summed E-state index contributed by atoms with van der Waals surface area (Å²) in [6.07, 6.45) is 0. The van der Waals surface area contributed by atoms with Crippen LogP contribution in [0.15, 0.2) is 53.1 Å². The highest BCUT2D eigenvalue weighted by Crippen LogP contribution is 2.22. The minimum atomic E-state index is -0.290. The van der Waals surface area contributed by atoms with E-state index in [1.165, 1.54) is 17.7 Å². The zero-order valence-electron chi connectivity index (χ0n) is 10.3. The highest BCUT2D eigenvalue weighted by Gasteiger charge is 2.10. The summed E-state index contributed by atoms with van der Waals surface area (Å²) in [5.74, 6) is 0.622. The maximum atomic E-state index is 12.8. The van der Waals surface area contributed by atoms with Gasteiger partial charge in [-0.1, -0.05) is 35.0 Å². The summed E-state index contributed by atoms with van der Waals surface area (Å²) in [7, 11) is 0. The van der Waals surface area contributed by atoms with Crippen molar-refractivity contribution in [2.45, 2.75) is 6.92 Å². The first-order valence-corrected chi connectivity index (χ1v) is 5.89. The molecule has 0 unspecified atom stereocenters. The van der Waals surface area contributed by atoms with Gasteiger partial charge in [-0.05, 0) is 31.2 Å². The number of rotatable bonds is 2. The lowest BCUT2D eigenvalue weighted by molar-refractivity contribution is 0.432. The summed E-state index contributed by atoms with van der Waals surface area (Å²) in [6.45, 7) is 2.02. The van der Waals surface area contributed by atoms with Gasteiger partial charge < -0.3 is 4.52 Å². The lowest BCUT2D eigenvalue weighted by Crippen LogP contribution is -1.82. The fraction of sp³-hybridized carbons (Fsp3) is 0.0667. The van der Waals surface area contributed by atoms with Crippen LogP contribution in [0, 0.1) is 12.7 Å². The van der Waals surface area contributed by atoms with Crippen LogP contribution in [0.3, 0.4) is 0 Å². The van der Waals surface area contributed by atoms with Crippen molar-refractivity contribution in [3.05, 3.63) is 59.9 Å². The Kier molecular flexibility index (Phi) is 2.83. The fourth-order valence-corrected chi connectivity index (χ4v) is 1.75. The Bertz CT molecular complexity index is 627. The van der Waals surface area contributed by atoms with Gasteiger partial charge in [0, 0.05) is 11.1 Å². The molecule has 1 heterocycles. The van der Waals surface area contributed by atoms with E-state index in [9.17, 15) is 4.39 Å². The van der Waals surface area contributed by atoms with Gasteiger partial charge in [0.25, 0.3) is 5.89 Å². The molecule has 3 rings (SSSR count). The van der Waals surface area contributed by atoms with E-state index in [4.69, 9.17) is 4.52 Å². The molecule has 0 radical (unpaired) electrons. The molecule has 0 aliphatic carbocycles. The Balaban J connectivity index is 1.95. The quantitative estimate of drug-likeness (QED) is 0.697.